The van der Waals surface area contributed by atoms with Crippen LogP contribution in [0.5, 0.6) is 5.75 Å². The summed E-state index contributed by atoms with van der Waals surface area (Å²) in [5, 5.41) is 0.845. The summed E-state index contributed by atoms with van der Waals surface area (Å²) < 4.78 is 32.7. The van der Waals surface area contributed by atoms with E-state index in [4.69, 9.17) is 4.74 Å². The summed E-state index contributed by atoms with van der Waals surface area (Å²) in [6.45, 7) is 1.93. The Hall–Kier alpha value is -2.47. The third kappa shape index (κ3) is 2.65. The normalized spacial score (nSPS) is 11.5. The molecule has 0 amide bonds. The summed E-state index contributed by atoms with van der Waals surface area (Å²) >= 11 is 0. The molecular formula is C16H16N2O3S. The lowest BCUT2D eigenvalue weighted by Gasteiger charge is -2.09. The van der Waals surface area contributed by atoms with Gasteiger partial charge in [0.25, 0.3) is 10.0 Å². The molecule has 0 atom stereocenters. The Morgan fingerprint density at radius 1 is 1.09 bits per heavy atom. The predicted octanol–water partition coefficient (Wildman–Crippen LogP) is 3.29. The molecule has 2 N–H and O–H groups in total. The average molecular weight is 316 g/mol. The van der Waals surface area contributed by atoms with Gasteiger partial charge in [-0.3, -0.25) is 4.72 Å². The van der Waals surface area contributed by atoms with Gasteiger partial charge in [-0.05, 0) is 49.4 Å². The first kappa shape index (κ1) is 14.5. The van der Waals surface area contributed by atoms with Gasteiger partial charge in [0.15, 0.2) is 0 Å². The van der Waals surface area contributed by atoms with E-state index in [0.717, 1.165) is 16.6 Å². The van der Waals surface area contributed by atoms with Crippen molar-refractivity contribution in [3.05, 3.63) is 54.2 Å². The molecule has 1 aromatic heterocycles. The van der Waals surface area contributed by atoms with Crippen LogP contribution in [-0.2, 0) is 10.0 Å². The van der Waals surface area contributed by atoms with Crippen molar-refractivity contribution in [3.8, 4) is 5.75 Å². The number of H-pyrrole nitrogens is 1. The molecule has 0 saturated heterocycles. The van der Waals surface area contributed by atoms with Gasteiger partial charge in [-0.1, -0.05) is 6.07 Å². The van der Waals surface area contributed by atoms with Crippen LogP contribution in [0.2, 0.25) is 0 Å². The van der Waals surface area contributed by atoms with Crippen molar-refractivity contribution >= 4 is 26.6 Å². The average Bonchev–Trinajstić information content (AvgIpc) is 2.88. The first-order chi connectivity index (χ1) is 10.5. The zero-order chi connectivity index (χ0) is 15.7. The fourth-order valence-electron chi connectivity index (χ4n) is 2.34. The second-order valence-corrected chi connectivity index (χ2v) is 6.68. The molecule has 1 heterocycles. The molecule has 0 saturated carbocycles. The number of nitrogens with one attached hydrogen (secondary N) is 2. The molecule has 0 spiro atoms. The van der Waals surface area contributed by atoms with Crippen molar-refractivity contribution < 1.29 is 13.2 Å². The van der Waals surface area contributed by atoms with Crippen LogP contribution >= 0.6 is 0 Å². The molecule has 0 bridgehead atoms. The first-order valence-electron chi connectivity index (χ1n) is 6.75. The SMILES string of the molecule is COc1ccc(S(=O)(=O)Nc2cccc3[nH]c(C)cc23)cc1. The van der Waals surface area contributed by atoms with E-state index in [1.165, 1.54) is 19.2 Å². The second kappa shape index (κ2) is 5.38. The Morgan fingerprint density at radius 3 is 2.50 bits per heavy atom. The van der Waals surface area contributed by atoms with Crippen LogP contribution < -0.4 is 9.46 Å². The van der Waals surface area contributed by atoms with Crippen LogP contribution in [0.25, 0.3) is 10.9 Å². The summed E-state index contributed by atoms with van der Waals surface area (Å²) in [4.78, 5) is 3.38. The summed E-state index contributed by atoms with van der Waals surface area (Å²) in [6.07, 6.45) is 0. The van der Waals surface area contributed by atoms with E-state index in [1.807, 2.05) is 25.1 Å². The Balaban J connectivity index is 1.98. The molecular weight excluding hydrogens is 300 g/mol. The maximum absolute atomic E-state index is 12.5. The molecule has 22 heavy (non-hydrogen) atoms. The third-order valence-corrected chi connectivity index (χ3v) is 4.79. The number of hydrogen-bond acceptors (Lipinski definition) is 3. The molecule has 0 fully saturated rings. The topological polar surface area (TPSA) is 71.2 Å². The maximum atomic E-state index is 12.5. The number of sulfonamides is 1. The lowest BCUT2D eigenvalue weighted by atomic mass is 10.2. The number of anilines is 1. The van der Waals surface area contributed by atoms with Crippen molar-refractivity contribution in [1.82, 2.24) is 4.98 Å². The summed E-state index contributed by atoms with van der Waals surface area (Å²) in [5.41, 5.74) is 2.43. The lowest BCUT2D eigenvalue weighted by Crippen LogP contribution is -2.13. The largest absolute Gasteiger partial charge is 0.497 e. The highest BCUT2D eigenvalue weighted by molar-refractivity contribution is 7.92. The molecule has 0 aliphatic rings. The highest BCUT2D eigenvalue weighted by Crippen LogP contribution is 2.26. The molecule has 6 heteroatoms. The van der Waals surface area contributed by atoms with Crippen LogP contribution in [0.4, 0.5) is 5.69 Å². The zero-order valence-electron chi connectivity index (χ0n) is 12.3. The predicted molar refractivity (Wildman–Crippen MR) is 86.8 cm³/mol. The van der Waals surface area contributed by atoms with Crippen LogP contribution in [-0.4, -0.2) is 20.5 Å². The van der Waals surface area contributed by atoms with Gasteiger partial charge in [0.05, 0.1) is 17.7 Å². The first-order valence-corrected chi connectivity index (χ1v) is 8.23. The van der Waals surface area contributed by atoms with E-state index in [9.17, 15) is 8.42 Å². The van der Waals surface area contributed by atoms with Crippen molar-refractivity contribution in [2.45, 2.75) is 11.8 Å². The van der Waals surface area contributed by atoms with Gasteiger partial charge in [0.2, 0.25) is 0 Å². The van der Waals surface area contributed by atoms with Crippen molar-refractivity contribution in [1.29, 1.82) is 0 Å². The number of methoxy groups -OCH3 is 1. The van der Waals surface area contributed by atoms with Gasteiger partial charge in [-0.2, -0.15) is 0 Å². The van der Waals surface area contributed by atoms with Crippen molar-refractivity contribution in [2.75, 3.05) is 11.8 Å². The van der Waals surface area contributed by atoms with E-state index in [1.54, 1.807) is 18.2 Å². The summed E-state index contributed by atoms with van der Waals surface area (Å²) in [5.74, 6) is 0.613. The van der Waals surface area contributed by atoms with Crippen LogP contribution in [0, 0.1) is 6.92 Å². The Labute approximate surface area is 129 Å². The fraction of sp³-hybridized carbons (Fsp3) is 0.125. The molecule has 3 aromatic rings. The number of fused-ring (bicyclic) bond motifs is 1. The molecule has 0 aliphatic carbocycles. The molecule has 2 aromatic carbocycles. The summed E-state index contributed by atoms with van der Waals surface area (Å²) in [6, 6.07) is 13.7. The molecule has 5 nitrogen and oxygen atoms in total. The van der Waals surface area contributed by atoms with Gasteiger partial charge >= 0.3 is 0 Å². The molecule has 0 radical (unpaired) electrons. The number of hydrogen-bond donors (Lipinski definition) is 2. The minimum Gasteiger partial charge on any atom is -0.497 e. The minimum atomic E-state index is -3.64. The minimum absolute atomic E-state index is 0.192. The van der Waals surface area contributed by atoms with Crippen LogP contribution in [0.3, 0.4) is 0 Å². The molecule has 3 rings (SSSR count). The Bertz CT molecular complexity index is 912. The molecule has 114 valence electrons. The fourth-order valence-corrected chi connectivity index (χ4v) is 3.42. The maximum Gasteiger partial charge on any atom is 0.261 e. The number of ether oxygens (including phenoxy) is 1. The highest BCUT2D eigenvalue weighted by atomic mass is 32.2. The second-order valence-electron chi connectivity index (χ2n) is 5.00. The van der Waals surface area contributed by atoms with Gasteiger partial charge in [0, 0.05) is 16.6 Å². The highest BCUT2D eigenvalue weighted by Gasteiger charge is 2.16. The number of aromatic nitrogens is 1. The smallest absolute Gasteiger partial charge is 0.261 e. The number of aryl methyl sites for hydroxylation is 1. The van der Waals surface area contributed by atoms with E-state index in [2.05, 4.69) is 9.71 Å². The van der Waals surface area contributed by atoms with Crippen molar-refractivity contribution in [2.24, 2.45) is 0 Å². The molecule has 0 unspecified atom stereocenters. The quantitative estimate of drug-likeness (QED) is 0.776. The van der Waals surface area contributed by atoms with E-state index in [-0.39, 0.29) is 4.90 Å². The third-order valence-electron chi connectivity index (χ3n) is 3.41. The van der Waals surface area contributed by atoms with Crippen molar-refractivity contribution in [3.63, 3.8) is 0 Å². The van der Waals surface area contributed by atoms with E-state index >= 15 is 0 Å². The lowest BCUT2D eigenvalue weighted by molar-refractivity contribution is 0.414. The van der Waals surface area contributed by atoms with Gasteiger partial charge < -0.3 is 9.72 Å². The van der Waals surface area contributed by atoms with E-state index in [0.29, 0.717) is 11.4 Å². The van der Waals surface area contributed by atoms with Crippen LogP contribution in [0.1, 0.15) is 5.69 Å². The summed E-state index contributed by atoms with van der Waals surface area (Å²) in [7, 11) is -2.10. The zero-order valence-corrected chi connectivity index (χ0v) is 13.1. The number of benzene rings is 2. The van der Waals surface area contributed by atoms with Crippen LogP contribution in [0.15, 0.2) is 53.4 Å². The van der Waals surface area contributed by atoms with Gasteiger partial charge in [-0.25, -0.2) is 8.42 Å². The number of rotatable bonds is 4. The molecule has 0 aliphatic heterocycles. The number of aromatic amines is 1. The Kier molecular flexibility index (Phi) is 3.54. The standard InChI is InChI=1S/C16H16N2O3S/c1-11-10-14-15(17-11)4-3-5-16(14)18-22(19,20)13-8-6-12(21-2)7-9-13/h3-10,17-18H,1-2H3. The van der Waals surface area contributed by atoms with Gasteiger partial charge in [0.1, 0.15) is 5.75 Å². The Morgan fingerprint density at radius 2 is 1.82 bits per heavy atom. The van der Waals surface area contributed by atoms with Gasteiger partial charge in [-0.15, -0.1) is 0 Å². The monoisotopic (exact) mass is 316 g/mol. The van der Waals surface area contributed by atoms with E-state index < -0.39 is 10.0 Å².